The van der Waals surface area contributed by atoms with E-state index in [-0.39, 0.29) is 0 Å². The largest absolute Gasteiger partial charge is 0.314 e. The summed E-state index contributed by atoms with van der Waals surface area (Å²) in [4.78, 5) is 8.83. The van der Waals surface area contributed by atoms with Gasteiger partial charge in [0.1, 0.15) is 4.90 Å². The maximum Gasteiger partial charge on any atom is 0.266 e. The Balaban J connectivity index is 2.09. The van der Waals surface area contributed by atoms with Crippen LogP contribution in [0.15, 0.2) is 34.2 Å². The molecule has 1 aromatic carbocycles. The van der Waals surface area contributed by atoms with Gasteiger partial charge in [-0.15, -0.1) is 0 Å². The second-order valence-electron chi connectivity index (χ2n) is 5.22. The Kier molecular flexibility index (Phi) is 5.42. The van der Waals surface area contributed by atoms with E-state index >= 15 is 0 Å². The Morgan fingerprint density at radius 1 is 1.23 bits per heavy atom. The first-order valence-corrected chi connectivity index (χ1v) is 9.10. The smallest absolute Gasteiger partial charge is 0.266 e. The SMILES string of the molecule is CCN(CC)CCCN=C1NS(=O)(=O)c2ccccc2N1C. The summed E-state index contributed by atoms with van der Waals surface area (Å²) in [5, 5.41) is 0. The number of hydrogen-bond acceptors (Lipinski definition) is 4. The molecule has 1 heterocycles. The maximum atomic E-state index is 12.2. The predicted molar refractivity (Wildman–Crippen MR) is 89.9 cm³/mol. The molecular formula is C15H24N4O2S. The van der Waals surface area contributed by atoms with Gasteiger partial charge in [-0.1, -0.05) is 26.0 Å². The topological polar surface area (TPSA) is 65.0 Å². The number of sulfonamides is 1. The Morgan fingerprint density at radius 3 is 2.59 bits per heavy atom. The molecule has 0 unspecified atom stereocenters. The molecule has 0 aromatic heterocycles. The molecule has 1 aliphatic heterocycles. The summed E-state index contributed by atoms with van der Waals surface area (Å²) in [6, 6.07) is 6.94. The number of anilines is 1. The molecule has 22 heavy (non-hydrogen) atoms. The van der Waals surface area contributed by atoms with E-state index in [1.807, 2.05) is 13.1 Å². The van der Waals surface area contributed by atoms with Gasteiger partial charge in [0, 0.05) is 13.6 Å². The first-order chi connectivity index (χ1) is 10.5. The van der Waals surface area contributed by atoms with Crippen LogP contribution >= 0.6 is 0 Å². The van der Waals surface area contributed by atoms with Crippen molar-refractivity contribution in [3.05, 3.63) is 24.3 Å². The lowest BCUT2D eigenvalue weighted by Gasteiger charge is -2.29. The lowest BCUT2D eigenvalue weighted by atomic mass is 10.3. The predicted octanol–water partition coefficient (Wildman–Crippen LogP) is 1.50. The minimum absolute atomic E-state index is 0.291. The van der Waals surface area contributed by atoms with E-state index in [1.54, 1.807) is 23.1 Å². The fraction of sp³-hybridized carbons (Fsp3) is 0.533. The number of nitrogens with zero attached hydrogens (tertiary/aromatic N) is 3. The molecular weight excluding hydrogens is 300 g/mol. The third kappa shape index (κ3) is 3.59. The first kappa shape index (κ1) is 16.8. The number of nitrogens with one attached hydrogen (secondary N) is 1. The van der Waals surface area contributed by atoms with Gasteiger partial charge >= 0.3 is 0 Å². The van der Waals surface area contributed by atoms with Crippen molar-refractivity contribution in [1.29, 1.82) is 0 Å². The van der Waals surface area contributed by atoms with Gasteiger partial charge in [0.25, 0.3) is 10.0 Å². The molecule has 0 saturated heterocycles. The Labute approximate surface area is 132 Å². The molecule has 0 atom stereocenters. The second kappa shape index (κ2) is 7.11. The van der Waals surface area contributed by atoms with E-state index < -0.39 is 10.0 Å². The Hall–Kier alpha value is -1.60. The van der Waals surface area contributed by atoms with Crippen molar-refractivity contribution in [2.45, 2.75) is 25.2 Å². The van der Waals surface area contributed by atoms with Crippen LogP contribution in [0.1, 0.15) is 20.3 Å². The van der Waals surface area contributed by atoms with Crippen molar-refractivity contribution in [1.82, 2.24) is 9.62 Å². The van der Waals surface area contributed by atoms with E-state index in [2.05, 4.69) is 28.5 Å². The number of benzene rings is 1. The van der Waals surface area contributed by atoms with Gasteiger partial charge in [-0.3, -0.25) is 4.99 Å². The molecule has 122 valence electrons. The first-order valence-electron chi connectivity index (χ1n) is 7.62. The molecule has 0 spiro atoms. The minimum Gasteiger partial charge on any atom is -0.314 e. The average molecular weight is 324 g/mol. The summed E-state index contributed by atoms with van der Waals surface area (Å²) in [5.74, 6) is 0.387. The summed E-state index contributed by atoms with van der Waals surface area (Å²) in [7, 11) is -1.70. The summed E-state index contributed by atoms with van der Waals surface area (Å²) >= 11 is 0. The molecule has 0 aliphatic carbocycles. The van der Waals surface area contributed by atoms with Crippen molar-refractivity contribution in [2.75, 3.05) is 38.1 Å². The van der Waals surface area contributed by atoms with Crippen LogP contribution in [0.5, 0.6) is 0 Å². The van der Waals surface area contributed by atoms with Crippen LogP contribution in [-0.2, 0) is 10.0 Å². The van der Waals surface area contributed by atoms with Gasteiger partial charge in [0.05, 0.1) is 5.69 Å². The van der Waals surface area contributed by atoms with Crippen molar-refractivity contribution in [2.24, 2.45) is 4.99 Å². The number of rotatable bonds is 6. The number of aliphatic imine (C=N–C) groups is 1. The zero-order valence-corrected chi connectivity index (χ0v) is 14.2. The summed E-state index contributed by atoms with van der Waals surface area (Å²) < 4.78 is 27.0. The Bertz CT molecular complexity index is 639. The number of para-hydroxylation sites is 1. The maximum absolute atomic E-state index is 12.2. The van der Waals surface area contributed by atoms with Crippen molar-refractivity contribution in [3.8, 4) is 0 Å². The quantitative estimate of drug-likeness (QED) is 0.806. The highest BCUT2D eigenvalue weighted by Crippen LogP contribution is 2.27. The van der Waals surface area contributed by atoms with Crippen LogP contribution in [0.4, 0.5) is 5.69 Å². The van der Waals surface area contributed by atoms with Crippen molar-refractivity contribution >= 4 is 21.7 Å². The highest BCUT2D eigenvalue weighted by Gasteiger charge is 2.29. The highest BCUT2D eigenvalue weighted by atomic mass is 32.2. The van der Waals surface area contributed by atoms with Crippen LogP contribution < -0.4 is 9.62 Å². The van der Waals surface area contributed by atoms with Crippen LogP contribution in [0.25, 0.3) is 0 Å². The minimum atomic E-state index is -3.52. The molecule has 0 radical (unpaired) electrons. The Morgan fingerprint density at radius 2 is 1.91 bits per heavy atom. The molecule has 0 amide bonds. The van der Waals surface area contributed by atoms with Crippen LogP contribution in [0, 0.1) is 0 Å². The normalized spacial score (nSPS) is 18.4. The second-order valence-corrected chi connectivity index (χ2v) is 6.87. The number of guanidine groups is 1. The molecule has 0 saturated carbocycles. The molecule has 1 N–H and O–H groups in total. The van der Waals surface area contributed by atoms with E-state index in [0.29, 0.717) is 23.1 Å². The molecule has 6 nitrogen and oxygen atoms in total. The van der Waals surface area contributed by atoms with Gasteiger partial charge in [-0.25, -0.2) is 13.1 Å². The monoisotopic (exact) mass is 324 g/mol. The lowest BCUT2D eigenvalue weighted by Crippen LogP contribution is -2.47. The average Bonchev–Trinajstić information content (AvgIpc) is 2.52. The molecule has 1 aromatic rings. The van der Waals surface area contributed by atoms with Gasteiger partial charge in [-0.2, -0.15) is 0 Å². The van der Waals surface area contributed by atoms with E-state index in [9.17, 15) is 8.42 Å². The third-order valence-corrected chi connectivity index (χ3v) is 5.22. The van der Waals surface area contributed by atoms with Gasteiger partial charge in [0.2, 0.25) is 5.96 Å². The lowest BCUT2D eigenvalue weighted by molar-refractivity contribution is 0.302. The van der Waals surface area contributed by atoms with E-state index in [4.69, 9.17) is 0 Å². The van der Waals surface area contributed by atoms with Crippen LogP contribution in [0.2, 0.25) is 0 Å². The molecule has 1 aliphatic rings. The third-order valence-electron chi connectivity index (χ3n) is 3.85. The fourth-order valence-electron chi connectivity index (χ4n) is 2.48. The molecule has 2 rings (SSSR count). The molecule has 0 bridgehead atoms. The van der Waals surface area contributed by atoms with Crippen molar-refractivity contribution in [3.63, 3.8) is 0 Å². The fourth-order valence-corrected chi connectivity index (χ4v) is 3.77. The van der Waals surface area contributed by atoms with Crippen molar-refractivity contribution < 1.29 is 8.42 Å². The number of fused-ring (bicyclic) bond motifs is 1. The van der Waals surface area contributed by atoms with Crippen LogP contribution in [0.3, 0.4) is 0 Å². The highest BCUT2D eigenvalue weighted by molar-refractivity contribution is 7.90. The molecule has 7 heteroatoms. The zero-order valence-electron chi connectivity index (χ0n) is 13.4. The molecule has 0 fully saturated rings. The summed E-state index contributed by atoms with van der Waals surface area (Å²) in [6.45, 7) is 7.88. The number of hydrogen-bond donors (Lipinski definition) is 1. The standard InChI is InChI=1S/C15H24N4O2S/c1-4-19(5-2)12-8-11-16-15-17-22(20,21)14-10-7-6-9-13(14)18(15)3/h6-7,9-10H,4-5,8,11-12H2,1-3H3,(H,16,17). The summed E-state index contributed by atoms with van der Waals surface area (Å²) in [6.07, 6.45) is 0.905. The zero-order chi connectivity index (χ0) is 16.2. The van der Waals surface area contributed by atoms with Gasteiger partial charge in [-0.05, 0) is 38.2 Å². The van der Waals surface area contributed by atoms with E-state index in [0.717, 1.165) is 26.1 Å². The van der Waals surface area contributed by atoms with Gasteiger partial charge < -0.3 is 9.80 Å². The van der Waals surface area contributed by atoms with Gasteiger partial charge in [0.15, 0.2) is 0 Å². The van der Waals surface area contributed by atoms with E-state index in [1.165, 1.54) is 0 Å². The van der Waals surface area contributed by atoms with Crippen LogP contribution in [-0.4, -0.2) is 52.5 Å². The summed E-state index contributed by atoms with van der Waals surface area (Å²) in [5.41, 5.74) is 0.656.